The number of halogens is 2. The summed E-state index contributed by atoms with van der Waals surface area (Å²) in [6, 6.07) is 10.3. The van der Waals surface area contributed by atoms with E-state index in [4.69, 9.17) is 22.1 Å². The Balaban J connectivity index is 2.29. The number of carboxylic acids is 1. The summed E-state index contributed by atoms with van der Waals surface area (Å²) < 4.78 is 19.4. The Bertz CT molecular complexity index is 1020. The standard InChI is InChI=1S/C24H28ClFN2O5/c1-23(2,3)33-22(32)28-17(13-24(4,20(27)29)21(30)31)11-14-5-7-15(8-6-14)18-12-16(25)9-10-19(18)26/h5-10,12,17H,11,13H2,1-4H3,(H2,27,29)(H,28,32)(H,30,31)/t17-,24+/m1/s1. The Morgan fingerprint density at radius 1 is 1.12 bits per heavy atom. The quantitative estimate of drug-likeness (QED) is 0.481. The van der Waals surface area contributed by atoms with Crippen molar-refractivity contribution >= 4 is 29.6 Å². The topological polar surface area (TPSA) is 119 Å². The molecule has 0 fully saturated rings. The average molecular weight is 479 g/mol. The fourth-order valence-corrected chi connectivity index (χ4v) is 3.43. The van der Waals surface area contributed by atoms with E-state index in [2.05, 4.69) is 5.32 Å². The number of carbonyl (C=O) groups is 3. The van der Waals surface area contributed by atoms with Crippen LogP contribution in [0.4, 0.5) is 9.18 Å². The Hall–Kier alpha value is -3.13. The molecule has 0 spiro atoms. The molecule has 2 aromatic carbocycles. The normalized spacial score (nSPS) is 14.1. The van der Waals surface area contributed by atoms with Crippen LogP contribution in [0.2, 0.25) is 5.02 Å². The number of primary amides is 1. The Labute approximate surface area is 197 Å². The molecule has 0 aliphatic rings. The van der Waals surface area contributed by atoms with Gasteiger partial charge in [0, 0.05) is 16.6 Å². The molecule has 2 atom stereocenters. The number of nitrogens with two attached hydrogens (primary N) is 1. The van der Waals surface area contributed by atoms with Gasteiger partial charge < -0.3 is 20.9 Å². The number of carbonyl (C=O) groups excluding carboxylic acids is 2. The van der Waals surface area contributed by atoms with Crippen LogP contribution in [0.25, 0.3) is 11.1 Å². The van der Waals surface area contributed by atoms with Crippen LogP contribution in [0, 0.1) is 11.2 Å². The largest absolute Gasteiger partial charge is 0.480 e. The number of rotatable bonds is 8. The lowest BCUT2D eigenvalue weighted by atomic mass is 9.81. The highest BCUT2D eigenvalue weighted by atomic mass is 35.5. The van der Waals surface area contributed by atoms with Crippen molar-refractivity contribution in [2.24, 2.45) is 11.1 Å². The fraction of sp³-hybridized carbons (Fsp3) is 0.375. The van der Waals surface area contributed by atoms with Crippen LogP contribution in [-0.2, 0) is 20.7 Å². The van der Waals surface area contributed by atoms with Gasteiger partial charge in [-0.15, -0.1) is 0 Å². The molecule has 178 valence electrons. The minimum atomic E-state index is -1.90. The molecule has 7 nitrogen and oxygen atoms in total. The van der Waals surface area contributed by atoms with Crippen molar-refractivity contribution in [1.82, 2.24) is 5.32 Å². The molecule has 2 amide bonds. The molecule has 0 radical (unpaired) electrons. The molecule has 0 aromatic heterocycles. The summed E-state index contributed by atoms with van der Waals surface area (Å²) in [4.78, 5) is 36.0. The summed E-state index contributed by atoms with van der Waals surface area (Å²) in [5.41, 5.74) is 4.34. The summed E-state index contributed by atoms with van der Waals surface area (Å²) >= 11 is 5.97. The average Bonchev–Trinajstić information content (AvgIpc) is 2.68. The molecule has 2 rings (SSSR count). The molecule has 0 saturated carbocycles. The third-order valence-corrected chi connectivity index (χ3v) is 5.30. The van der Waals surface area contributed by atoms with E-state index in [9.17, 15) is 23.9 Å². The van der Waals surface area contributed by atoms with E-state index in [0.717, 1.165) is 5.56 Å². The second-order valence-electron chi connectivity index (χ2n) is 9.07. The van der Waals surface area contributed by atoms with E-state index in [0.29, 0.717) is 16.1 Å². The van der Waals surface area contributed by atoms with Crippen molar-refractivity contribution in [3.8, 4) is 11.1 Å². The highest BCUT2D eigenvalue weighted by Crippen LogP contribution is 2.28. The highest BCUT2D eigenvalue weighted by molar-refractivity contribution is 6.30. The molecular weight excluding hydrogens is 451 g/mol. The predicted octanol–water partition coefficient (Wildman–Crippen LogP) is 4.55. The monoisotopic (exact) mass is 478 g/mol. The summed E-state index contributed by atoms with van der Waals surface area (Å²) in [5.74, 6) is -2.83. The molecule has 2 aromatic rings. The van der Waals surface area contributed by atoms with Gasteiger partial charge in [-0.25, -0.2) is 9.18 Å². The van der Waals surface area contributed by atoms with E-state index < -0.39 is 40.8 Å². The van der Waals surface area contributed by atoms with Gasteiger partial charge in [-0.05, 0) is 69.9 Å². The van der Waals surface area contributed by atoms with Gasteiger partial charge in [0.1, 0.15) is 16.8 Å². The van der Waals surface area contributed by atoms with Crippen LogP contribution >= 0.6 is 11.6 Å². The van der Waals surface area contributed by atoms with E-state index in [-0.39, 0.29) is 12.8 Å². The van der Waals surface area contributed by atoms with Crippen molar-refractivity contribution in [3.05, 3.63) is 58.9 Å². The van der Waals surface area contributed by atoms with Crippen LogP contribution in [0.15, 0.2) is 42.5 Å². The van der Waals surface area contributed by atoms with Gasteiger partial charge in [0.15, 0.2) is 0 Å². The van der Waals surface area contributed by atoms with Gasteiger partial charge in [0.2, 0.25) is 5.91 Å². The number of nitrogens with one attached hydrogen (secondary N) is 1. The van der Waals surface area contributed by atoms with Crippen LogP contribution in [-0.4, -0.2) is 34.7 Å². The number of hydrogen-bond acceptors (Lipinski definition) is 4. The van der Waals surface area contributed by atoms with Crippen LogP contribution in [0.3, 0.4) is 0 Å². The minimum Gasteiger partial charge on any atom is -0.480 e. The summed E-state index contributed by atoms with van der Waals surface area (Å²) in [6.45, 7) is 6.30. The van der Waals surface area contributed by atoms with E-state index >= 15 is 0 Å². The summed E-state index contributed by atoms with van der Waals surface area (Å²) in [6.07, 6.45) is -0.808. The van der Waals surface area contributed by atoms with Gasteiger partial charge in [0.25, 0.3) is 0 Å². The molecule has 0 aliphatic carbocycles. The molecule has 9 heteroatoms. The molecule has 33 heavy (non-hydrogen) atoms. The first-order valence-corrected chi connectivity index (χ1v) is 10.7. The van der Waals surface area contributed by atoms with Crippen LogP contribution in [0.1, 0.15) is 39.7 Å². The molecule has 0 bridgehead atoms. The first-order chi connectivity index (χ1) is 15.2. The zero-order chi connectivity index (χ0) is 25.0. The first kappa shape index (κ1) is 26.1. The highest BCUT2D eigenvalue weighted by Gasteiger charge is 2.42. The molecule has 4 N–H and O–H groups in total. The molecule has 0 aliphatic heterocycles. The Kier molecular flexibility index (Phi) is 8.08. The van der Waals surface area contributed by atoms with Crippen molar-refractivity contribution in [2.45, 2.75) is 52.2 Å². The van der Waals surface area contributed by atoms with E-state index in [1.807, 2.05) is 0 Å². The van der Waals surface area contributed by atoms with Crippen molar-refractivity contribution in [3.63, 3.8) is 0 Å². The van der Waals surface area contributed by atoms with Crippen LogP contribution in [0.5, 0.6) is 0 Å². The molecular formula is C24H28ClFN2O5. The van der Waals surface area contributed by atoms with Crippen molar-refractivity contribution in [1.29, 1.82) is 0 Å². The van der Waals surface area contributed by atoms with Crippen molar-refractivity contribution < 1.29 is 28.6 Å². The van der Waals surface area contributed by atoms with Gasteiger partial charge >= 0.3 is 12.1 Å². The number of alkyl carbamates (subject to hydrolysis) is 1. The lowest BCUT2D eigenvalue weighted by molar-refractivity contribution is -0.154. The maximum Gasteiger partial charge on any atom is 0.407 e. The molecule has 0 saturated heterocycles. The summed E-state index contributed by atoms with van der Waals surface area (Å²) in [5, 5.41) is 12.6. The maximum absolute atomic E-state index is 14.2. The Morgan fingerprint density at radius 3 is 2.24 bits per heavy atom. The van der Waals surface area contributed by atoms with E-state index in [1.54, 1.807) is 45.0 Å². The third kappa shape index (κ3) is 7.18. The van der Waals surface area contributed by atoms with Gasteiger partial charge in [-0.3, -0.25) is 9.59 Å². The lowest BCUT2D eigenvalue weighted by Gasteiger charge is -2.29. The number of amides is 2. The lowest BCUT2D eigenvalue weighted by Crippen LogP contribution is -2.49. The first-order valence-electron chi connectivity index (χ1n) is 10.3. The van der Waals surface area contributed by atoms with Gasteiger partial charge in [0.05, 0.1) is 0 Å². The number of ether oxygens (including phenoxy) is 1. The predicted molar refractivity (Wildman–Crippen MR) is 123 cm³/mol. The fourth-order valence-electron chi connectivity index (χ4n) is 3.26. The van der Waals surface area contributed by atoms with E-state index in [1.165, 1.54) is 25.1 Å². The number of benzene rings is 2. The smallest absolute Gasteiger partial charge is 0.407 e. The SMILES string of the molecule is CC(C)(C)OC(=O)N[C@H](Cc1ccc(-c2cc(Cl)ccc2F)cc1)C[C@@](C)(C(N)=O)C(=O)O. The van der Waals surface area contributed by atoms with Crippen molar-refractivity contribution in [2.75, 3.05) is 0 Å². The minimum absolute atomic E-state index is 0.188. The third-order valence-electron chi connectivity index (χ3n) is 5.07. The van der Waals surface area contributed by atoms with Crippen LogP contribution < -0.4 is 11.1 Å². The number of hydrogen-bond donors (Lipinski definition) is 3. The number of aliphatic carboxylic acids is 1. The van der Waals surface area contributed by atoms with Gasteiger partial charge in [-0.1, -0.05) is 35.9 Å². The second-order valence-corrected chi connectivity index (χ2v) is 9.51. The molecule has 0 unspecified atom stereocenters. The maximum atomic E-state index is 14.2. The Morgan fingerprint density at radius 2 is 1.73 bits per heavy atom. The number of carboxylic acid groups (broad SMARTS) is 1. The zero-order valence-corrected chi connectivity index (χ0v) is 19.7. The zero-order valence-electron chi connectivity index (χ0n) is 18.9. The molecule has 0 heterocycles. The van der Waals surface area contributed by atoms with Gasteiger partial charge in [-0.2, -0.15) is 0 Å². The summed E-state index contributed by atoms with van der Waals surface area (Å²) in [7, 11) is 0. The second kappa shape index (κ2) is 10.2.